The van der Waals surface area contributed by atoms with Crippen molar-refractivity contribution >= 4 is 29.0 Å². The minimum absolute atomic E-state index is 0.198. The molecule has 7 heteroatoms. The molecule has 0 spiro atoms. The van der Waals surface area contributed by atoms with Crippen LogP contribution in [0.25, 0.3) is 10.9 Å². The second kappa shape index (κ2) is 7.53. The van der Waals surface area contributed by atoms with Gasteiger partial charge in [0.25, 0.3) is 11.5 Å². The highest BCUT2D eigenvalue weighted by Gasteiger charge is 2.13. The number of aromatic amines is 2. The summed E-state index contributed by atoms with van der Waals surface area (Å²) in [5.41, 5.74) is 1.64. The van der Waals surface area contributed by atoms with Crippen molar-refractivity contribution in [2.24, 2.45) is 0 Å². The van der Waals surface area contributed by atoms with Crippen LogP contribution in [0.2, 0.25) is 0 Å². The largest absolute Gasteiger partial charge is 0.494 e. The molecule has 1 atom stereocenters. The first-order valence-electron chi connectivity index (χ1n) is 8.28. The molecular formula is C19H19N3O3S. The van der Waals surface area contributed by atoms with E-state index in [4.69, 9.17) is 17.0 Å². The van der Waals surface area contributed by atoms with Gasteiger partial charge in [0.15, 0.2) is 4.77 Å². The van der Waals surface area contributed by atoms with Gasteiger partial charge in [-0.05, 0) is 62.0 Å². The summed E-state index contributed by atoms with van der Waals surface area (Å²) in [5, 5.41) is 3.41. The van der Waals surface area contributed by atoms with Crippen molar-refractivity contribution in [3.05, 3.63) is 68.7 Å². The molecular weight excluding hydrogens is 350 g/mol. The number of amides is 1. The van der Waals surface area contributed by atoms with Crippen LogP contribution in [0.5, 0.6) is 5.75 Å². The Hall–Kier alpha value is -2.93. The van der Waals surface area contributed by atoms with Crippen LogP contribution in [0.4, 0.5) is 0 Å². The smallest absolute Gasteiger partial charge is 0.259 e. The lowest BCUT2D eigenvalue weighted by molar-refractivity contribution is 0.0940. The van der Waals surface area contributed by atoms with E-state index >= 15 is 0 Å². The third kappa shape index (κ3) is 3.83. The summed E-state index contributed by atoms with van der Waals surface area (Å²) < 4.78 is 5.72. The fourth-order valence-corrected chi connectivity index (χ4v) is 2.92. The highest BCUT2D eigenvalue weighted by Crippen LogP contribution is 2.20. The monoisotopic (exact) mass is 369 g/mol. The topological polar surface area (TPSA) is 87.0 Å². The molecule has 0 radical (unpaired) electrons. The number of H-pyrrole nitrogens is 2. The van der Waals surface area contributed by atoms with Crippen molar-refractivity contribution in [1.29, 1.82) is 0 Å². The van der Waals surface area contributed by atoms with Crippen molar-refractivity contribution in [3.63, 3.8) is 0 Å². The number of rotatable bonds is 5. The van der Waals surface area contributed by atoms with E-state index in [0.29, 0.717) is 23.1 Å². The van der Waals surface area contributed by atoms with E-state index < -0.39 is 0 Å². The molecule has 0 aliphatic carbocycles. The minimum atomic E-state index is -0.281. The Morgan fingerprint density at radius 1 is 1.23 bits per heavy atom. The number of hydrogen-bond donors (Lipinski definition) is 3. The van der Waals surface area contributed by atoms with Gasteiger partial charge in [-0.25, -0.2) is 0 Å². The number of carbonyl (C=O) groups is 1. The lowest BCUT2D eigenvalue weighted by Crippen LogP contribution is -2.26. The van der Waals surface area contributed by atoms with Crippen molar-refractivity contribution < 1.29 is 9.53 Å². The third-order valence-electron chi connectivity index (χ3n) is 4.02. The average molecular weight is 369 g/mol. The molecule has 0 bridgehead atoms. The maximum Gasteiger partial charge on any atom is 0.259 e. The zero-order valence-electron chi connectivity index (χ0n) is 14.5. The second-order valence-electron chi connectivity index (χ2n) is 5.87. The van der Waals surface area contributed by atoms with Gasteiger partial charge < -0.3 is 15.0 Å². The molecule has 3 N–H and O–H groups in total. The zero-order chi connectivity index (χ0) is 18.7. The van der Waals surface area contributed by atoms with Gasteiger partial charge in [0.05, 0.1) is 23.6 Å². The highest BCUT2D eigenvalue weighted by atomic mass is 32.1. The molecule has 6 nitrogen and oxygen atoms in total. The second-order valence-corrected chi connectivity index (χ2v) is 6.28. The Kier molecular flexibility index (Phi) is 5.18. The molecule has 2 aromatic carbocycles. The molecule has 0 aliphatic rings. The average Bonchev–Trinajstić information content (AvgIpc) is 2.61. The van der Waals surface area contributed by atoms with Gasteiger partial charge in [0.1, 0.15) is 5.75 Å². The van der Waals surface area contributed by atoms with E-state index in [-0.39, 0.29) is 22.3 Å². The summed E-state index contributed by atoms with van der Waals surface area (Å²) in [6, 6.07) is 12.3. The SMILES string of the molecule is CCOc1cccc([C@H](C)NC(=O)c2ccc3c(=O)[nH]c(=S)[nH]c3c2)c1. The van der Waals surface area contributed by atoms with E-state index in [0.717, 1.165) is 11.3 Å². The summed E-state index contributed by atoms with van der Waals surface area (Å²) in [6.07, 6.45) is 0. The lowest BCUT2D eigenvalue weighted by atomic mass is 10.1. The van der Waals surface area contributed by atoms with E-state index in [1.54, 1.807) is 18.2 Å². The van der Waals surface area contributed by atoms with Crippen LogP contribution in [0.3, 0.4) is 0 Å². The number of aromatic nitrogens is 2. The molecule has 0 fully saturated rings. The Labute approximate surface area is 155 Å². The normalized spacial score (nSPS) is 11.9. The highest BCUT2D eigenvalue weighted by molar-refractivity contribution is 7.71. The van der Waals surface area contributed by atoms with Crippen LogP contribution in [0, 0.1) is 4.77 Å². The summed E-state index contributed by atoms with van der Waals surface area (Å²) in [4.78, 5) is 29.9. The molecule has 0 aliphatic heterocycles. The first kappa shape index (κ1) is 17.9. The van der Waals surface area contributed by atoms with E-state index in [1.165, 1.54) is 0 Å². The predicted molar refractivity (Wildman–Crippen MR) is 103 cm³/mol. The van der Waals surface area contributed by atoms with E-state index in [1.807, 2.05) is 38.1 Å². The Morgan fingerprint density at radius 3 is 2.81 bits per heavy atom. The van der Waals surface area contributed by atoms with Crippen LogP contribution in [-0.2, 0) is 0 Å². The summed E-state index contributed by atoms with van der Waals surface area (Å²) in [5.74, 6) is 0.532. The molecule has 1 aromatic heterocycles. The van der Waals surface area contributed by atoms with Gasteiger partial charge in [0, 0.05) is 5.56 Å². The summed E-state index contributed by atoms with van der Waals surface area (Å²) in [6.45, 7) is 4.41. The van der Waals surface area contributed by atoms with Crippen LogP contribution >= 0.6 is 12.2 Å². The maximum absolute atomic E-state index is 12.6. The number of nitrogens with one attached hydrogen (secondary N) is 3. The molecule has 1 amide bonds. The first-order valence-corrected chi connectivity index (χ1v) is 8.68. The predicted octanol–water partition coefficient (Wildman–Crippen LogP) is 3.48. The van der Waals surface area contributed by atoms with Crippen LogP contribution in [0.1, 0.15) is 35.8 Å². The van der Waals surface area contributed by atoms with Gasteiger partial charge in [-0.15, -0.1) is 0 Å². The minimum Gasteiger partial charge on any atom is -0.494 e. The quantitative estimate of drug-likeness (QED) is 0.601. The molecule has 3 rings (SSSR count). The van der Waals surface area contributed by atoms with E-state index in [2.05, 4.69) is 15.3 Å². The Bertz CT molecular complexity index is 1070. The van der Waals surface area contributed by atoms with Crippen molar-refractivity contribution in [3.8, 4) is 5.75 Å². The maximum atomic E-state index is 12.6. The number of ether oxygens (including phenoxy) is 1. The van der Waals surface area contributed by atoms with Crippen molar-refractivity contribution in [1.82, 2.24) is 15.3 Å². The van der Waals surface area contributed by atoms with Crippen LogP contribution in [0.15, 0.2) is 47.3 Å². The Morgan fingerprint density at radius 2 is 2.04 bits per heavy atom. The molecule has 3 aromatic rings. The van der Waals surface area contributed by atoms with Gasteiger partial charge >= 0.3 is 0 Å². The molecule has 1 heterocycles. The van der Waals surface area contributed by atoms with Gasteiger partial charge in [-0.3, -0.25) is 14.6 Å². The molecule has 0 saturated carbocycles. The van der Waals surface area contributed by atoms with Gasteiger partial charge in [-0.2, -0.15) is 0 Å². The Balaban J connectivity index is 1.83. The fourth-order valence-electron chi connectivity index (χ4n) is 2.71. The molecule has 26 heavy (non-hydrogen) atoms. The zero-order valence-corrected chi connectivity index (χ0v) is 15.3. The summed E-state index contributed by atoms with van der Waals surface area (Å²) in [7, 11) is 0. The lowest BCUT2D eigenvalue weighted by Gasteiger charge is -2.15. The van der Waals surface area contributed by atoms with Crippen molar-refractivity contribution in [2.75, 3.05) is 6.61 Å². The fraction of sp³-hybridized carbons (Fsp3) is 0.211. The molecule has 0 unspecified atom stereocenters. The summed E-state index contributed by atoms with van der Waals surface area (Å²) >= 11 is 4.98. The first-order chi connectivity index (χ1) is 12.5. The number of benzene rings is 2. The van der Waals surface area contributed by atoms with Crippen LogP contribution in [-0.4, -0.2) is 22.5 Å². The van der Waals surface area contributed by atoms with Gasteiger partial charge in [-0.1, -0.05) is 12.1 Å². The van der Waals surface area contributed by atoms with Crippen molar-refractivity contribution in [2.45, 2.75) is 19.9 Å². The number of fused-ring (bicyclic) bond motifs is 1. The third-order valence-corrected chi connectivity index (χ3v) is 4.22. The molecule has 134 valence electrons. The number of carbonyl (C=O) groups excluding carboxylic acids is 1. The van der Waals surface area contributed by atoms with Crippen LogP contribution < -0.4 is 15.6 Å². The standard InChI is InChI=1S/C19H19N3O3S/c1-3-25-14-6-4-5-12(9-14)11(2)20-17(23)13-7-8-15-16(10-13)21-19(26)22-18(15)24/h4-11H,3H2,1-2H3,(H,20,23)(H2,21,22,24,26)/t11-/m0/s1. The number of hydrogen-bond acceptors (Lipinski definition) is 4. The van der Waals surface area contributed by atoms with Gasteiger partial charge in [0.2, 0.25) is 0 Å². The molecule has 0 saturated heterocycles. The van der Waals surface area contributed by atoms with E-state index in [9.17, 15) is 9.59 Å².